The second-order valence-electron chi connectivity index (χ2n) is 5.79. The van der Waals surface area contributed by atoms with Crippen molar-refractivity contribution in [2.75, 3.05) is 11.9 Å². The van der Waals surface area contributed by atoms with Crippen molar-refractivity contribution in [1.29, 1.82) is 0 Å². The predicted octanol–water partition coefficient (Wildman–Crippen LogP) is 3.32. The fraction of sp³-hybridized carbons (Fsp3) is 0.150. The summed E-state index contributed by atoms with van der Waals surface area (Å²) in [6, 6.07) is 13.3. The average Bonchev–Trinajstić information content (AvgIpc) is 3.05. The Kier molecular flexibility index (Phi) is 5.21. The van der Waals surface area contributed by atoms with Gasteiger partial charge in [0.2, 0.25) is 0 Å². The first-order chi connectivity index (χ1) is 13.0. The number of carbonyl (C=O) groups excluding carboxylic acids is 2. The smallest absolute Gasteiger partial charge is 0.341 e. The lowest BCUT2D eigenvalue weighted by atomic mass is 10.1. The molecule has 3 rings (SSSR count). The number of nitrogens with one attached hydrogen (secondary N) is 1. The summed E-state index contributed by atoms with van der Waals surface area (Å²) in [5, 5.41) is 16.6. The molecule has 0 radical (unpaired) electrons. The van der Waals surface area contributed by atoms with E-state index in [2.05, 4.69) is 10.4 Å². The maximum atomic E-state index is 12.3. The summed E-state index contributed by atoms with van der Waals surface area (Å²) in [5.74, 6) is -0.756. The Balaban J connectivity index is 1.79. The van der Waals surface area contributed by atoms with Gasteiger partial charge < -0.3 is 15.2 Å². The highest BCUT2D eigenvalue weighted by Gasteiger charge is 2.16. The molecule has 0 bridgehead atoms. The predicted molar refractivity (Wildman–Crippen MR) is 100 cm³/mol. The normalized spacial score (nSPS) is 10.4. The molecule has 0 fully saturated rings. The molecule has 1 amide bonds. The molecule has 7 heteroatoms. The largest absolute Gasteiger partial charge is 0.506 e. The third-order valence-corrected chi connectivity index (χ3v) is 4.03. The van der Waals surface area contributed by atoms with Crippen LogP contribution in [0.15, 0.2) is 54.7 Å². The molecule has 0 saturated heterocycles. The van der Waals surface area contributed by atoms with E-state index in [1.54, 1.807) is 61.0 Å². The van der Waals surface area contributed by atoms with Crippen LogP contribution in [-0.4, -0.2) is 33.4 Å². The zero-order chi connectivity index (χ0) is 19.4. The van der Waals surface area contributed by atoms with E-state index < -0.39 is 5.97 Å². The van der Waals surface area contributed by atoms with Gasteiger partial charge in [-0.1, -0.05) is 12.1 Å². The standard InChI is InChI=1S/C20H19N3O4/c1-3-27-20(26)16-12-21-23(13(16)2)15-10-8-14(9-11-15)19(25)22-17-6-4-5-7-18(17)24/h4-12,24H,3H2,1-2H3,(H,22,25). The number of phenols is 1. The monoisotopic (exact) mass is 365 g/mol. The molecule has 1 heterocycles. The third kappa shape index (κ3) is 3.82. The molecule has 1 aromatic heterocycles. The van der Waals surface area contributed by atoms with E-state index in [9.17, 15) is 14.7 Å². The molecule has 0 spiro atoms. The van der Waals surface area contributed by atoms with Crippen LogP contribution in [0.3, 0.4) is 0 Å². The molecule has 2 aromatic carbocycles. The first kappa shape index (κ1) is 18.2. The number of phenolic OH excluding ortho intramolecular Hbond substituents is 1. The van der Waals surface area contributed by atoms with Gasteiger partial charge in [0.15, 0.2) is 0 Å². The highest BCUT2D eigenvalue weighted by Crippen LogP contribution is 2.22. The van der Waals surface area contributed by atoms with Gasteiger partial charge >= 0.3 is 5.97 Å². The van der Waals surface area contributed by atoms with Crippen LogP contribution in [0.2, 0.25) is 0 Å². The van der Waals surface area contributed by atoms with Crippen molar-refractivity contribution in [3.05, 3.63) is 71.5 Å². The lowest BCUT2D eigenvalue weighted by Gasteiger charge is -2.09. The van der Waals surface area contributed by atoms with Crippen molar-refractivity contribution in [2.24, 2.45) is 0 Å². The number of hydrogen-bond acceptors (Lipinski definition) is 5. The van der Waals surface area contributed by atoms with Crippen molar-refractivity contribution in [2.45, 2.75) is 13.8 Å². The zero-order valence-corrected chi connectivity index (χ0v) is 15.0. The van der Waals surface area contributed by atoms with E-state index in [0.717, 1.165) is 0 Å². The van der Waals surface area contributed by atoms with Gasteiger partial charge in [-0.25, -0.2) is 9.48 Å². The Morgan fingerprint density at radius 3 is 2.52 bits per heavy atom. The molecule has 3 aromatic rings. The molecular weight excluding hydrogens is 346 g/mol. The van der Waals surface area contributed by atoms with Gasteiger partial charge in [-0.2, -0.15) is 5.10 Å². The minimum Gasteiger partial charge on any atom is -0.506 e. The first-order valence-electron chi connectivity index (χ1n) is 8.42. The van der Waals surface area contributed by atoms with Crippen molar-refractivity contribution in [3.8, 4) is 11.4 Å². The Morgan fingerprint density at radius 2 is 1.85 bits per heavy atom. The summed E-state index contributed by atoms with van der Waals surface area (Å²) >= 11 is 0. The Hall–Kier alpha value is -3.61. The van der Waals surface area contributed by atoms with Crippen LogP contribution in [0.4, 0.5) is 5.69 Å². The molecule has 0 aliphatic rings. The first-order valence-corrected chi connectivity index (χ1v) is 8.42. The number of anilines is 1. The van der Waals surface area contributed by atoms with Crippen molar-refractivity contribution >= 4 is 17.6 Å². The molecule has 27 heavy (non-hydrogen) atoms. The molecule has 0 unspecified atom stereocenters. The van der Waals surface area contributed by atoms with E-state index in [1.807, 2.05) is 0 Å². The SMILES string of the molecule is CCOC(=O)c1cnn(-c2ccc(C(=O)Nc3ccccc3O)cc2)c1C. The lowest BCUT2D eigenvalue weighted by molar-refractivity contribution is 0.0525. The molecule has 0 aliphatic carbocycles. The quantitative estimate of drug-likeness (QED) is 0.534. The average molecular weight is 365 g/mol. The van der Waals surface area contributed by atoms with E-state index in [4.69, 9.17) is 4.74 Å². The molecule has 0 saturated carbocycles. The van der Waals surface area contributed by atoms with Gasteiger partial charge in [0.1, 0.15) is 11.3 Å². The maximum absolute atomic E-state index is 12.3. The fourth-order valence-corrected chi connectivity index (χ4v) is 2.61. The second-order valence-corrected chi connectivity index (χ2v) is 5.79. The Labute approximate surface area is 156 Å². The van der Waals surface area contributed by atoms with E-state index >= 15 is 0 Å². The Morgan fingerprint density at radius 1 is 1.15 bits per heavy atom. The van der Waals surface area contributed by atoms with E-state index in [-0.39, 0.29) is 11.7 Å². The molecular formula is C20H19N3O4. The third-order valence-electron chi connectivity index (χ3n) is 4.03. The van der Waals surface area contributed by atoms with E-state index in [0.29, 0.717) is 34.8 Å². The van der Waals surface area contributed by atoms with Crippen LogP contribution >= 0.6 is 0 Å². The van der Waals surface area contributed by atoms with Crippen LogP contribution < -0.4 is 5.32 Å². The van der Waals surface area contributed by atoms with Crippen molar-refractivity contribution < 1.29 is 19.4 Å². The minimum atomic E-state index is -0.417. The second kappa shape index (κ2) is 7.74. The molecule has 2 N–H and O–H groups in total. The highest BCUT2D eigenvalue weighted by atomic mass is 16.5. The number of carbonyl (C=O) groups is 2. The molecule has 0 aliphatic heterocycles. The number of rotatable bonds is 5. The molecule has 0 atom stereocenters. The van der Waals surface area contributed by atoms with E-state index in [1.165, 1.54) is 12.3 Å². The number of amides is 1. The number of benzene rings is 2. The van der Waals surface area contributed by atoms with Gasteiger partial charge in [-0.05, 0) is 50.2 Å². The van der Waals surface area contributed by atoms with Gasteiger partial charge in [0.05, 0.1) is 29.9 Å². The van der Waals surface area contributed by atoms with Gasteiger partial charge in [0.25, 0.3) is 5.91 Å². The van der Waals surface area contributed by atoms with Crippen molar-refractivity contribution in [1.82, 2.24) is 9.78 Å². The topological polar surface area (TPSA) is 93.5 Å². The minimum absolute atomic E-state index is 0.00105. The van der Waals surface area contributed by atoms with Crippen LogP contribution in [0.1, 0.15) is 33.3 Å². The van der Waals surface area contributed by atoms with Gasteiger partial charge in [0, 0.05) is 5.56 Å². The summed E-state index contributed by atoms with van der Waals surface area (Å²) in [4.78, 5) is 24.2. The maximum Gasteiger partial charge on any atom is 0.341 e. The van der Waals surface area contributed by atoms with Crippen LogP contribution in [0.25, 0.3) is 5.69 Å². The van der Waals surface area contributed by atoms with Gasteiger partial charge in [-0.3, -0.25) is 4.79 Å². The Bertz CT molecular complexity index is 977. The summed E-state index contributed by atoms with van der Waals surface area (Å²) in [5.41, 5.74) is 2.53. The van der Waals surface area contributed by atoms with Crippen LogP contribution in [0.5, 0.6) is 5.75 Å². The lowest BCUT2D eigenvalue weighted by Crippen LogP contribution is -2.12. The summed E-state index contributed by atoms with van der Waals surface area (Å²) in [6.07, 6.45) is 1.46. The number of hydrogen-bond donors (Lipinski definition) is 2. The van der Waals surface area contributed by atoms with Crippen molar-refractivity contribution in [3.63, 3.8) is 0 Å². The number of aromatic nitrogens is 2. The number of para-hydroxylation sites is 2. The molecule has 138 valence electrons. The number of nitrogens with zero attached hydrogens (tertiary/aromatic N) is 2. The van der Waals surface area contributed by atoms with Crippen LogP contribution in [0, 0.1) is 6.92 Å². The summed E-state index contributed by atoms with van der Waals surface area (Å²) < 4.78 is 6.62. The fourth-order valence-electron chi connectivity index (χ4n) is 2.61. The highest BCUT2D eigenvalue weighted by molar-refractivity contribution is 6.05. The molecule has 7 nitrogen and oxygen atoms in total. The summed E-state index contributed by atoms with van der Waals surface area (Å²) in [7, 11) is 0. The number of ether oxygens (including phenoxy) is 1. The number of esters is 1. The number of aromatic hydroxyl groups is 1. The summed E-state index contributed by atoms with van der Waals surface area (Å²) in [6.45, 7) is 3.82. The zero-order valence-electron chi connectivity index (χ0n) is 15.0. The van der Waals surface area contributed by atoms with Gasteiger partial charge in [-0.15, -0.1) is 0 Å². The van der Waals surface area contributed by atoms with Crippen LogP contribution in [-0.2, 0) is 4.74 Å².